The first-order valence-corrected chi connectivity index (χ1v) is 11.1. The lowest BCUT2D eigenvalue weighted by atomic mass is 10.0. The summed E-state index contributed by atoms with van der Waals surface area (Å²) in [6.07, 6.45) is 0. The Morgan fingerprint density at radius 2 is 1.84 bits per heavy atom. The fraction of sp³-hybridized carbons (Fsp3) is 0.208. The zero-order valence-corrected chi connectivity index (χ0v) is 18.3. The summed E-state index contributed by atoms with van der Waals surface area (Å²) in [5.74, 6) is 2.00. The molecule has 0 spiro atoms. The number of hydrogen-bond acceptors (Lipinski definition) is 5. The van der Waals surface area contributed by atoms with Gasteiger partial charge in [-0.1, -0.05) is 74.1 Å². The number of rotatable bonds is 8. The molecule has 1 amide bonds. The molecule has 4 aromatic rings. The van der Waals surface area contributed by atoms with Gasteiger partial charge < -0.3 is 10.1 Å². The Labute approximate surface area is 185 Å². The first-order valence-electron chi connectivity index (χ1n) is 10.1. The van der Waals surface area contributed by atoms with Crippen molar-refractivity contribution in [3.05, 3.63) is 78.1 Å². The van der Waals surface area contributed by atoms with Crippen LogP contribution in [0.3, 0.4) is 0 Å². The number of nitrogens with one attached hydrogen (secondary N) is 2. The molecule has 158 valence electrons. The van der Waals surface area contributed by atoms with E-state index in [0.29, 0.717) is 16.9 Å². The van der Waals surface area contributed by atoms with E-state index < -0.39 is 0 Å². The van der Waals surface area contributed by atoms with Gasteiger partial charge in [0.25, 0.3) is 0 Å². The van der Waals surface area contributed by atoms with E-state index in [4.69, 9.17) is 4.74 Å². The first kappa shape index (κ1) is 20.9. The Kier molecular flexibility index (Phi) is 6.52. The molecular formula is C24H24N4O2S. The monoisotopic (exact) mass is 432 g/mol. The lowest BCUT2D eigenvalue weighted by Gasteiger charge is -2.08. The van der Waals surface area contributed by atoms with Crippen molar-refractivity contribution in [3.8, 4) is 5.75 Å². The van der Waals surface area contributed by atoms with Crippen LogP contribution in [-0.2, 0) is 11.4 Å². The number of aromatic amines is 1. The van der Waals surface area contributed by atoms with E-state index in [-0.39, 0.29) is 18.3 Å². The number of fused-ring (bicyclic) bond motifs is 1. The minimum atomic E-state index is -0.103. The highest BCUT2D eigenvalue weighted by molar-refractivity contribution is 7.99. The van der Waals surface area contributed by atoms with Crippen molar-refractivity contribution in [2.45, 2.75) is 31.5 Å². The number of amides is 1. The molecule has 0 unspecified atom stereocenters. The molecule has 6 nitrogen and oxygen atoms in total. The number of ether oxygens (including phenoxy) is 1. The van der Waals surface area contributed by atoms with Crippen molar-refractivity contribution >= 4 is 34.1 Å². The molecule has 1 heterocycles. The number of H-pyrrole nitrogens is 1. The van der Waals surface area contributed by atoms with E-state index >= 15 is 0 Å². The molecule has 0 aliphatic rings. The third-order valence-electron chi connectivity index (χ3n) is 4.83. The van der Waals surface area contributed by atoms with Crippen molar-refractivity contribution in [1.29, 1.82) is 0 Å². The number of benzene rings is 3. The predicted octanol–water partition coefficient (Wildman–Crippen LogP) is 5.39. The van der Waals surface area contributed by atoms with E-state index in [1.807, 2.05) is 54.6 Å². The van der Waals surface area contributed by atoms with E-state index in [9.17, 15) is 4.79 Å². The number of carbonyl (C=O) groups excluding carboxylic acids is 1. The zero-order chi connectivity index (χ0) is 21.6. The van der Waals surface area contributed by atoms with Gasteiger partial charge in [-0.2, -0.15) is 0 Å². The quantitative estimate of drug-likeness (QED) is 0.365. The number of anilines is 1. The molecule has 0 saturated heterocycles. The SMILES string of the molecule is CC(C)c1ccc(OCc2nc(SCC(=O)Nc3cccc4ccccc34)n[nH]2)cc1. The van der Waals surface area contributed by atoms with Gasteiger partial charge in [0.2, 0.25) is 11.1 Å². The Bertz CT molecular complexity index is 1170. The van der Waals surface area contributed by atoms with Gasteiger partial charge in [0.1, 0.15) is 12.4 Å². The molecule has 0 aliphatic heterocycles. The number of thioether (sulfide) groups is 1. The highest BCUT2D eigenvalue weighted by atomic mass is 32.2. The lowest BCUT2D eigenvalue weighted by molar-refractivity contribution is -0.113. The van der Waals surface area contributed by atoms with E-state index in [1.165, 1.54) is 17.3 Å². The average molecular weight is 433 g/mol. The van der Waals surface area contributed by atoms with Crippen LogP contribution in [0.1, 0.15) is 31.2 Å². The van der Waals surface area contributed by atoms with Gasteiger partial charge in [-0.15, -0.1) is 5.10 Å². The Balaban J connectivity index is 1.28. The second-order valence-corrected chi connectivity index (χ2v) is 8.38. The zero-order valence-electron chi connectivity index (χ0n) is 17.5. The highest BCUT2D eigenvalue weighted by Gasteiger charge is 2.10. The third-order valence-corrected chi connectivity index (χ3v) is 5.68. The van der Waals surface area contributed by atoms with Crippen molar-refractivity contribution in [2.24, 2.45) is 0 Å². The smallest absolute Gasteiger partial charge is 0.234 e. The molecule has 0 aliphatic carbocycles. The van der Waals surface area contributed by atoms with Crippen LogP contribution < -0.4 is 10.1 Å². The molecule has 7 heteroatoms. The standard InChI is InChI=1S/C24H24N4O2S/c1-16(2)17-10-12-19(13-11-17)30-14-22-26-24(28-27-22)31-15-23(29)25-21-9-5-7-18-6-3-4-8-20(18)21/h3-13,16H,14-15H2,1-2H3,(H,25,29)(H,26,27,28). The van der Waals surface area contributed by atoms with Crippen LogP contribution in [0.2, 0.25) is 0 Å². The van der Waals surface area contributed by atoms with Gasteiger partial charge in [-0.05, 0) is 35.1 Å². The Morgan fingerprint density at radius 3 is 2.65 bits per heavy atom. The molecule has 4 rings (SSSR count). The van der Waals surface area contributed by atoms with Crippen molar-refractivity contribution in [3.63, 3.8) is 0 Å². The van der Waals surface area contributed by atoms with E-state index in [2.05, 4.69) is 46.5 Å². The molecular weight excluding hydrogens is 408 g/mol. The highest BCUT2D eigenvalue weighted by Crippen LogP contribution is 2.24. The van der Waals surface area contributed by atoms with Crippen LogP contribution in [0.4, 0.5) is 5.69 Å². The minimum absolute atomic E-state index is 0.103. The average Bonchev–Trinajstić information content (AvgIpc) is 3.25. The fourth-order valence-electron chi connectivity index (χ4n) is 3.16. The number of aromatic nitrogens is 3. The summed E-state index contributed by atoms with van der Waals surface area (Å²) in [6.45, 7) is 4.61. The first-order chi connectivity index (χ1) is 15.1. The number of carbonyl (C=O) groups is 1. The molecule has 1 aromatic heterocycles. The largest absolute Gasteiger partial charge is 0.486 e. The maximum absolute atomic E-state index is 12.4. The normalized spacial score (nSPS) is 11.1. The van der Waals surface area contributed by atoms with E-state index in [0.717, 1.165) is 22.2 Å². The summed E-state index contributed by atoms with van der Waals surface area (Å²) in [5.41, 5.74) is 2.07. The van der Waals surface area contributed by atoms with Crippen LogP contribution in [-0.4, -0.2) is 26.8 Å². The summed E-state index contributed by atoms with van der Waals surface area (Å²) in [4.78, 5) is 16.8. The minimum Gasteiger partial charge on any atom is -0.486 e. The summed E-state index contributed by atoms with van der Waals surface area (Å²) in [7, 11) is 0. The van der Waals surface area contributed by atoms with Crippen LogP contribution in [0.15, 0.2) is 71.9 Å². The summed E-state index contributed by atoms with van der Waals surface area (Å²) < 4.78 is 5.76. The molecule has 0 atom stereocenters. The fourth-order valence-corrected chi connectivity index (χ4v) is 3.78. The van der Waals surface area contributed by atoms with Crippen LogP contribution in [0, 0.1) is 0 Å². The van der Waals surface area contributed by atoms with E-state index in [1.54, 1.807) is 0 Å². The van der Waals surface area contributed by atoms with Crippen LogP contribution >= 0.6 is 11.8 Å². The van der Waals surface area contributed by atoms with Gasteiger partial charge >= 0.3 is 0 Å². The van der Waals surface area contributed by atoms with Gasteiger partial charge in [0.15, 0.2) is 5.82 Å². The van der Waals surface area contributed by atoms with Crippen molar-refractivity contribution in [1.82, 2.24) is 15.2 Å². The summed E-state index contributed by atoms with van der Waals surface area (Å²) in [5, 5.41) is 12.6. The summed E-state index contributed by atoms with van der Waals surface area (Å²) in [6, 6.07) is 21.9. The third kappa shape index (κ3) is 5.44. The van der Waals surface area contributed by atoms with Crippen molar-refractivity contribution < 1.29 is 9.53 Å². The lowest BCUT2D eigenvalue weighted by Crippen LogP contribution is -2.14. The summed E-state index contributed by atoms with van der Waals surface area (Å²) >= 11 is 1.28. The van der Waals surface area contributed by atoms with Crippen LogP contribution in [0.5, 0.6) is 5.75 Å². The molecule has 0 fully saturated rings. The molecule has 3 aromatic carbocycles. The molecule has 0 radical (unpaired) electrons. The van der Waals surface area contributed by atoms with Gasteiger partial charge in [0, 0.05) is 11.1 Å². The van der Waals surface area contributed by atoms with Gasteiger partial charge in [-0.3, -0.25) is 9.89 Å². The topological polar surface area (TPSA) is 79.9 Å². The van der Waals surface area contributed by atoms with Crippen molar-refractivity contribution in [2.75, 3.05) is 11.1 Å². The predicted molar refractivity (Wildman–Crippen MR) is 125 cm³/mol. The molecule has 0 saturated carbocycles. The number of hydrogen-bond donors (Lipinski definition) is 2. The Morgan fingerprint density at radius 1 is 1.06 bits per heavy atom. The van der Waals surface area contributed by atoms with Gasteiger partial charge in [0.05, 0.1) is 5.75 Å². The molecule has 2 N–H and O–H groups in total. The molecule has 31 heavy (non-hydrogen) atoms. The second-order valence-electron chi connectivity index (χ2n) is 7.44. The maximum atomic E-state index is 12.4. The van der Waals surface area contributed by atoms with Gasteiger partial charge in [-0.25, -0.2) is 4.98 Å². The molecule has 0 bridgehead atoms. The number of nitrogens with zero attached hydrogens (tertiary/aromatic N) is 2. The van der Waals surface area contributed by atoms with Crippen LogP contribution in [0.25, 0.3) is 10.8 Å². The Hall–Kier alpha value is -3.32. The second kappa shape index (κ2) is 9.66. The maximum Gasteiger partial charge on any atom is 0.234 e.